The van der Waals surface area contributed by atoms with Gasteiger partial charge >= 0.3 is 11.7 Å². The largest absolute Gasteiger partial charge is 0.481 e. The van der Waals surface area contributed by atoms with Crippen molar-refractivity contribution in [2.45, 2.75) is 31.3 Å². The second-order valence-electron chi connectivity index (χ2n) is 4.51. The first-order valence-corrected chi connectivity index (χ1v) is 5.93. The predicted octanol–water partition coefficient (Wildman–Crippen LogP) is -2.20. The first kappa shape index (κ1) is 14.4. The van der Waals surface area contributed by atoms with Gasteiger partial charge in [-0.15, -0.1) is 0 Å². The number of aliphatic carboxylic acids is 1. The highest BCUT2D eigenvalue weighted by Crippen LogP contribution is 2.27. The number of nitrogens with one attached hydrogen (secondary N) is 1. The summed E-state index contributed by atoms with van der Waals surface area (Å²) < 4.78 is 6.30. The van der Waals surface area contributed by atoms with Crippen LogP contribution in [0, 0.1) is 0 Å². The van der Waals surface area contributed by atoms with E-state index in [-0.39, 0.29) is 12.0 Å². The third kappa shape index (κ3) is 2.79. The summed E-state index contributed by atoms with van der Waals surface area (Å²) in [5.74, 6) is -1.21. The number of carbonyl (C=O) groups is 1. The van der Waals surface area contributed by atoms with Gasteiger partial charge in [-0.2, -0.15) is 0 Å². The van der Waals surface area contributed by atoms with Crippen LogP contribution in [0.3, 0.4) is 0 Å². The van der Waals surface area contributed by atoms with Crippen molar-refractivity contribution in [3.8, 4) is 0 Å². The maximum Gasteiger partial charge on any atom is 0.330 e. The molecule has 20 heavy (non-hydrogen) atoms. The van der Waals surface area contributed by atoms with Gasteiger partial charge in [-0.25, -0.2) is 4.79 Å². The van der Waals surface area contributed by atoms with Crippen LogP contribution in [0.2, 0.25) is 0 Å². The van der Waals surface area contributed by atoms with Gasteiger partial charge in [0.2, 0.25) is 0 Å². The summed E-state index contributed by atoms with van der Waals surface area (Å²) in [6, 6.07) is 0. The van der Waals surface area contributed by atoms with Crippen LogP contribution >= 0.6 is 0 Å². The molecule has 110 valence electrons. The zero-order valence-electron chi connectivity index (χ0n) is 10.4. The Balaban J connectivity index is 2.35. The number of rotatable bonds is 4. The summed E-state index contributed by atoms with van der Waals surface area (Å²) in [7, 11) is 0. The summed E-state index contributed by atoms with van der Waals surface area (Å²) in [6.07, 6.45) is -1.99. The van der Waals surface area contributed by atoms with Crippen LogP contribution in [-0.4, -0.2) is 49.7 Å². The number of carboxylic acids is 1. The summed E-state index contributed by atoms with van der Waals surface area (Å²) in [5, 5.41) is 27.3. The Hall–Kier alpha value is -1.97. The average Bonchev–Trinajstić information content (AvgIpc) is 2.73. The maximum absolute atomic E-state index is 11.7. The molecular formula is C11H14N2O7. The van der Waals surface area contributed by atoms with Crippen molar-refractivity contribution < 1.29 is 24.9 Å². The third-order valence-corrected chi connectivity index (χ3v) is 3.08. The van der Waals surface area contributed by atoms with Crippen molar-refractivity contribution in [2.24, 2.45) is 0 Å². The minimum absolute atomic E-state index is 0.0592. The molecule has 0 spiro atoms. The average molecular weight is 286 g/mol. The minimum atomic E-state index is -1.21. The molecule has 0 radical (unpaired) electrons. The number of aromatic amines is 1. The maximum atomic E-state index is 11.7. The Labute approximate surface area is 112 Å². The quantitative estimate of drug-likeness (QED) is 0.492. The molecule has 2 rings (SSSR count). The number of hydrogen-bond donors (Lipinski definition) is 4. The smallest absolute Gasteiger partial charge is 0.330 e. The van der Waals surface area contributed by atoms with Crippen LogP contribution in [0.5, 0.6) is 0 Å². The number of carboxylic acid groups (broad SMARTS) is 1. The molecule has 9 nitrogen and oxygen atoms in total. The monoisotopic (exact) mass is 286 g/mol. The van der Waals surface area contributed by atoms with E-state index in [0.29, 0.717) is 0 Å². The summed E-state index contributed by atoms with van der Waals surface area (Å²) in [6.45, 7) is -0.405. The van der Waals surface area contributed by atoms with Crippen LogP contribution < -0.4 is 11.2 Å². The molecule has 0 aliphatic carbocycles. The zero-order chi connectivity index (χ0) is 14.9. The molecule has 2 heterocycles. The predicted molar refractivity (Wildman–Crippen MR) is 64.3 cm³/mol. The third-order valence-electron chi connectivity index (χ3n) is 3.08. The highest BCUT2D eigenvalue weighted by atomic mass is 16.5. The number of aliphatic hydroxyl groups is 2. The number of H-pyrrole nitrogens is 1. The Kier molecular flexibility index (Phi) is 4.02. The van der Waals surface area contributed by atoms with Gasteiger partial charge in [0.25, 0.3) is 5.56 Å². The summed E-state index contributed by atoms with van der Waals surface area (Å²) in [5.41, 5.74) is -1.63. The van der Waals surface area contributed by atoms with Crippen molar-refractivity contribution in [3.63, 3.8) is 0 Å². The SMILES string of the molecule is O=C(O)Cc1cn([C@H]2C[C@@H](O)[C@H](CO)O2)c(=O)[nH]c1=O. The molecule has 0 amide bonds. The van der Waals surface area contributed by atoms with Crippen LogP contribution in [0.4, 0.5) is 0 Å². The fourth-order valence-corrected chi connectivity index (χ4v) is 2.08. The van der Waals surface area contributed by atoms with Crippen LogP contribution in [0.25, 0.3) is 0 Å². The molecule has 1 aromatic heterocycles. The first-order chi connectivity index (χ1) is 9.42. The van der Waals surface area contributed by atoms with Crippen LogP contribution in [0.1, 0.15) is 18.2 Å². The lowest BCUT2D eigenvalue weighted by molar-refractivity contribution is -0.136. The molecule has 1 aliphatic rings. The van der Waals surface area contributed by atoms with Gasteiger partial charge in [0.05, 0.1) is 19.1 Å². The molecule has 3 atom stereocenters. The lowest BCUT2D eigenvalue weighted by atomic mass is 10.2. The molecule has 1 aliphatic heterocycles. The second-order valence-corrected chi connectivity index (χ2v) is 4.51. The summed E-state index contributed by atoms with van der Waals surface area (Å²) >= 11 is 0. The number of hydrogen-bond acceptors (Lipinski definition) is 6. The molecule has 1 fully saturated rings. The van der Waals surface area contributed by atoms with Crippen molar-refractivity contribution >= 4 is 5.97 Å². The topological polar surface area (TPSA) is 142 Å². The van der Waals surface area contributed by atoms with E-state index in [0.717, 1.165) is 10.8 Å². The lowest BCUT2D eigenvalue weighted by Gasteiger charge is -2.14. The van der Waals surface area contributed by atoms with Gasteiger partial charge in [0.15, 0.2) is 0 Å². The van der Waals surface area contributed by atoms with Crippen LogP contribution in [-0.2, 0) is 16.0 Å². The normalized spacial score (nSPS) is 25.8. The van der Waals surface area contributed by atoms with E-state index in [1.807, 2.05) is 4.98 Å². The number of ether oxygens (including phenoxy) is 1. The molecular weight excluding hydrogens is 272 g/mol. The molecule has 0 saturated carbocycles. The first-order valence-electron chi connectivity index (χ1n) is 5.93. The molecule has 0 aromatic carbocycles. The molecule has 1 saturated heterocycles. The standard InChI is InChI=1S/C11H14N2O7/c14-4-7-6(15)2-8(20-7)13-3-5(1-9(16)17)10(18)12-11(13)19/h3,6-8,14-15H,1-2,4H2,(H,16,17)(H,12,18,19)/t6-,7+,8-/m1/s1. The Morgan fingerprint density at radius 1 is 1.50 bits per heavy atom. The van der Waals surface area contributed by atoms with E-state index in [1.165, 1.54) is 0 Å². The Morgan fingerprint density at radius 2 is 2.20 bits per heavy atom. The zero-order valence-corrected chi connectivity index (χ0v) is 10.4. The van der Waals surface area contributed by atoms with Crippen molar-refractivity contribution in [1.82, 2.24) is 9.55 Å². The van der Waals surface area contributed by atoms with E-state index < -0.39 is 48.7 Å². The van der Waals surface area contributed by atoms with E-state index in [2.05, 4.69) is 0 Å². The number of aliphatic hydroxyl groups excluding tert-OH is 2. The van der Waals surface area contributed by atoms with E-state index in [1.54, 1.807) is 0 Å². The van der Waals surface area contributed by atoms with Gasteiger partial charge in [0.1, 0.15) is 12.3 Å². The summed E-state index contributed by atoms with van der Waals surface area (Å²) in [4.78, 5) is 35.8. The van der Waals surface area contributed by atoms with E-state index in [4.69, 9.17) is 14.9 Å². The second kappa shape index (κ2) is 5.57. The minimum Gasteiger partial charge on any atom is -0.481 e. The van der Waals surface area contributed by atoms with E-state index >= 15 is 0 Å². The molecule has 1 aromatic rings. The van der Waals surface area contributed by atoms with E-state index in [9.17, 15) is 19.5 Å². The van der Waals surface area contributed by atoms with Gasteiger partial charge in [-0.1, -0.05) is 0 Å². The van der Waals surface area contributed by atoms with Crippen molar-refractivity contribution in [2.75, 3.05) is 6.61 Å². The van der Waals surface area contributed by atoms with Crippen molar-refractivity contribution in [3.05, 3.63) is 32.6 Å². The number of aromatic nitrogens is 2. The Morgan fingerprint density at radius 3 is 2.75 bits per heavy atom. The molecule has 0 bridgehead atoms. The molecule has 4 N–H and O–H groups in total. The molecule has 9 heteroatoms. The fourth-order valence-electron chi connectivity index (χ4n) is 2.08. The van der Waals surface area contributed by atoms with Gasteiger partial charge in [0, 0.05) is 18.2 Å². The van der Waals surface area contributed by atoms with Crippen molar-refractivity contribution in [1.29, 1.82) is 0 Å². The van der Waals surface area contributed by atoms with Gasteiger partial charge < -0.3 is 20.1 Å². The highest BCUT2D eigenvalue weighted by Gasteiger charge is 2.35. The molecule has 0 unspecified atom stereocenters. The Bertz CT molecular complexity index is 620. The highest BCUT2D eigenvalue weighted by molar-refractivity contribution is 5.69. The van der Waals surface area contributed by atoms with Gasteiger partial charge in [-0.05, 0) is 0 Å². The fraction of sp³-hybridized carbons (Fsp3) is 0.545. The lowest BCUT2D eigenvalue weighted by Crippen LogP contribution is -2.34. The number of nitrogens with zero attached hydrogens (tertiary/aromatic N) is 1. The van der Waals surface area contributed by atoms with Gasteiger partial charge in [-0.3, -0.25) is 19.1 Å². The van der Waals surface area contributed by atoms with Crippen LogP contribution in [0.15, 0.2) is 15.8 Å².